The minimum Gasteiger partial charge on any atom is -0.350 e. The summed E-state index contributed by atoms with van der Waals surface area (Å²) in [7, 11) is 1.67. The number of rotatable bonds is 1. The molecule has 0 heterocycles. The van der Waals surface area contributed by atoms with Crippen LogP contribution in [0.2, 0.25) is 0 Å². The highest BCUT2D eigenvalue weighted by atomic mass is 32.2. The molecule has 1 N–H and O–H groups in total. The maximum absolute atomic E-state index is 10.9. The second-order valence-corrected chi connectivity index (χ2v) is 3.76. The van der Waals surface area contributed by atoms with Gasteiger partial charge >= 0.3 is 0 Å². The van der Waals surface area contributed by atoms with Crippen molar-refractivity contribution in [1.82, 2.24) is 5.32 Å². The van der Waals surface area contributed by atoms with Gasteiger partial charge in [0.1, 0.15) is 0 Å². The first-order valence-electron chi connectivity index (χ1n) is 3.88. The summed E-state index contributed by atoms with van der Waals surface area (Å²) in [5.74, 6) is 0. The Morgan fingerprint density at radius 2 is 2.55 bits per heavy atom. The number of thioether (sulfide) groups is 1. The van der Waals surface area contributed by atoms with Crippen LogP contribution in [-0.4, -0.2) is 17.5 Å². The van der Waals surface area contributed by atoms with Crippen molar-refractivity contribution in [2.75, 3.05) is 7.05 Å². The van der Waals surface area contributed by atoms with Crippen molar-refractivity contribution in [3.05, 3.63) is 12.2 Å². The summed E-state index contributed by atoms with van der Waals surface area (Å²) in [5, 5.41) is 3.08. The molecule has 3 heteroatoms. The molecule has 62 valence electrons. The average molecular weight is 171 g/mol. The highest BCUT2D eigenvalue weighted by Gasteiger charge is 2.12. The van der Waals surface area contributed by atoms with Gasteiger partial charge < -0.3 is 5.32 Å². The first-order chi connectivity index (χ1) is 5.33. The number of amides is 1. The second kappa shape index (κ2) is 4.44. The molecule has 0 bridgehead atoms. The van der Waals surface area contributed by atoms with E-state index in [-0.39, 0.29) is 5.24 Å². The zero-order valence-electron chi connectivity index (χ0n) is 6.67. The normalized spacial score (nSPS) is 23.2. The Morgan fingerprint density at radius 3 is 3.09 bits per heavy atom. The van der Waals surface area contributed by atoms with Crippen molar-refractivity contribution in [2.24, 2.45) is 0 Å². The molecule has 0 radical (unpaired) electrons. The molecule has 0 aromatic heterocycles. The van der Waals surface area contributed by atoms with E-state index in [1.165, 1.54) is 24.6 Å². The van der Waals surface area contributed by atoms with E-state index in [2.05, 4.69) is 17.5 Å². The Balaban J connectivity index is 2.30. The summed E-state index contributed by atoms with van der Waals surface area (Å²) in [6.45, 7) is 0. The fourth-order valence-corrected chi connectivity index (χ4v) is 1.94. The van der Waals surface area contributed by atoms with Crippen LogP contribution in [-0.2, 0) is 0 Å². The van der Waals surface area contributed by atoms with Crippen LogP contribution in [0.5, 0.6) is 0 Å². The zero-order valence-corrected chi connectivity index (χ0v) is 7.49. The summed E-state index contributed by atoms with van der Waals surface area (Å²) >= 11 is 1.38. The van der Waals surface area contributed by atoms with Gasteiger partial charge in [-0.1, -0.05) is 23.9 Å². The lowest BCUT2D eigenvalue weighted by molar-refractivity contribution is 0.262. The molecule has 0 saturated heterocycles. The van der Waals surface area contributed by atoms with Crippen LogP contribution >= 0.6 is 11.8 Å². The van der Waals surface area contributed by atoms with Gasteiger partial charge in [0.25, 0.3) is 5.24 Å². The fourth-order valence-electron chi connectivity index (χ4n) is 1.08. The lowest BCUT2D eigenvalue weighted by Crippen LogP contribution is -2.16. The predicted octanol–water partition coefficient (Wildman–Crippen LogP) is 2.17. The van der Waals surface area contributed by atoms with Gasteiger partial charge in [0.05, 0.1) is 0 Å². The van der Waals surface area contributed by atoms with E-state index in [1.54, 1.807) is 7.05 Å². The zero-order chi connectivity index (χ0) is 8.10. The van der Waals surface area contributed by atoms with Crippen molar-refractivity contribution < 1.29 is 4.79 Å². The highest BCUT2D eigenvalue weighted by molar-refractivity contribution is 8.14. The monoisotopic (exact) mass is 171 g/mol. The van der Waals surface area contributed by atoms with E-state index >= 15 is 0 Å². The minimum atomic E-state index is 0.0709. The summed E-state index contributed by atoms with van der Waals surface area (Å²) < 4.78 is 0. The van der Waals surface area contributed by atoms with Gasteiger partial charge in [-0.05, 0) is 19.3 Å². The Kier molecular flexibility index (Phi) is 3.49. The molecule has 1 atom stereocenters. The van der Waals surface area contributed by atoms with Crippen LogP contribution in [0.25, 0.3) is 0 Å². The largest absolute Gasteiger partial charge is 0.350 e. The van der Waals surface area contributed by atoms with Gasteiger partial charge in [-0.15, -0.1) is 0 Å². The molecule has 0 aliphatic heterocycles. The minimum absolute atomic E-state index is 0.0709. The van der Waals surface area contributed by atoms with Gasteiger partial charge in [0, 0.05) is 12.3 Å². The van der Waals surface area contributed by atoms with E-state index in [1.807, 2.05) is 0 Å². The molecule has 0 aromatic carbocycles. The van der Waals surface area contributed by atoms with Crippen LogP contribution in [0, 0.1) is 0 Å². The van der Waals surface area contributed by atoms with Crippen molar-refractivity contribution >= 4 is 17.0 Å². The molecule has 11 heavy (non-hydrogen) atoms. The number of carbonyl (C=O) groups excluding carboxylic acids is 1. The smallest absolute Gasteiger partial charge is 0.279 e. The third-order valence-electron chi connectivity index (χ3n) is 1.67. The quantitative estimate of drug-likeness (QED) is 0.613. The van der Waals surface area contributed by atoms with Crippen molar-refractivity contribution in [3.63, 3.8) is 0 Å². The Labute approximate surface area is 71.4 Å². The van der Waals surface area contributed by atoms with Crippen LogP contribution < -0.4 is 5.32 Å². The first-order valence-corrected chi connectivity index (χ1v) is 4.76. The second-order valence-electron chi connectivity index (χ2n) is 2.55. The van der Waals surface area contributed by atoms with Crippen molar-refractivity contribution in [1.29, 1.82) is 0 Å². The van der Waals surface area contributed by atoms with Crippen molar-refractivity contribution in [2.45, 2.75) is 24.5 Å². The number of hydrogen-bond donors (Lipinski definition) is 1. The standard InChI is InChI=1S/C8H13NOS/c1-9-8(10)11-7-5-3-2-4-6-7/h3,5,7H,2,4,6H2,1H3,(H,9,10)/t7-/m1/s1. The van der Waals surface area contributed by atoms with Gasteiger partial charge in [0.15, 0.2) is 0 Å². The van der Waals surface area contributed by atoms with E-state index in [0.29, 0.717) is 5.25 Å². The molecular weight excluding hydrogens is 158 g/mol. The summed E-state index contributed by atoms with van der Waals surface area (Å²) in [4.78, 5) is 10.9. The molecule has 0 saturated carbocycles. The molecular formula is C8H13NOS. The third-order valence-corrected chi connectivity index (χ3v) is 2.79. The van der Waals surface area contributed by atoms with Crippen molar-refractivity contribution in [3.8, 4) is 0 Å². The van der Waals surface area contributed by atoms with Crippen LogP contribution in [0.3, 0.4) is 0 Å². The molecule has 0 fully saturated rings. The maximum atomic E-state index is 10.9. The van der Waals surface area contributed by atoms with Crippen LogP contribution in [0.4, 0.5) is 4.79 Å². The highest BCUT2D eigenvalue weighted by Crippen LogP contribution is 2.23. The molecule has 1 aliphatic carbocycles. The van der Waals surface area contributed by atoms with E-state index < -0.39 is 0 Å². The topological polar surface area (TPSA) is 29.1 Å². The molecule has 1 amide bonds. The summed E-state index contributed by atoms with van der Waals surface area (Å²) in [5.41, 5.74) is 0. The molecule has 1 aliphatic rings. The van der Waals surface area contributed by atoms with E-state index in [9.17, 15) is 4.79 Å². The van der Waals surface area contributed by atoms with Gasteiger partial charge in [-0.25, -0.2) is 0 Å². The molecule has 0 aromatic rings. The molecule has 0 unspecified atom stereocenters. The number of carbonyl (C=O) groups is 1. The molecule has 1 rings (SSSR count). The van der Waals surface area contributed by atoms with E-state index in [4.69, 9.17) is 0 Å². The fraction of sp³-hybridized carbons (Fsp3) is 0.625. The third kappa shape index (κ3) is 2.97. The lowest BCUT2D eigenvalue weighted by atomic mass is 10.1. The maximum Gasteiger partial charge on any atom is 0.279 e. The van der Waals surface area contributed by atoms with Crippen LogP contribution in [0.15, 0.2) is 12.2 Å². The SMILES string of the molecule is CNC(=O)S[C@@H]1C=CCCC1. The van der Waals surface area contributed by atoms with Crippen LogP contribution in [0.1, 0.15) is 19.3 Å². The lowest BCUT2D eigenvalue weighted by Gasteiger charge is -2.13. The Morgan fingerprint density at radius 1 is 1.73 bits per heavy atom. The average Bonchev–Trinajstić information content (AvgIpc) is 2.06. The molecule has 2 nitrogen and oxygen atoms in total. The van der Waals surface area contributed by atoms with Gasteiger partial charge in [-0.2, -0.15) is 0 Å². The van der Waals surface area contributed by atoms with E-state index in [0.717, 1.165) is 6.42 Å². The number of allylic oxidation sites excluding steroid dienone is 1. The molecule has 0 spiro atoms. The summed E-state index contributed by atoms with van der Waals surface area (Å²) in [6.07, 6.45) is 7.80. The van der Waals surface area contributed by atoms with Gasteiger partial charge in [0.2, 0.25) is 0 Å². The summed E-state index contributed by atoms with van der Waals surface area (Å²) in [6, 6.07) is 0. The predicted molar refractivity (Wildman–Crippen MR) is 48.8 cm³/mol. The number of nitrogens with one attached hydrogen (secondary N) is 1. The number of hydrogen-bond acceptors (Lipinski definition) is 2. The Hall–Kier alpha value is -0.440. The Bertz CT molecular complexity index is 167. The van der Waals surface area contributed by atoms with Gasteiger partial charge in [-0.3, -0.25) is 4.79 Å². The first kappa shape index (κ1) is 8.65.